The number of rotatable bonds is 4. The van der Waals surface area contributed by atoms with E-state index in [1.165, 1.54) is 0 Å². The van der Waals surface area contributed by atoms with Crippen LogP contribution in [0.4, 0.5) is 0 Å². The molecule has 0 bridgehead atoms. The Morgan fingerprint density at radius 3 is 2.68 bits per heavy atom. The summed E-state index contributed by atoms with van der Waals surface area (Å²) < 4.78 is 5.30. The number of morpholine rings is 1. The number of aromatic nitrogens is 2. The van der Waals surface area contributed by atoms with Gasteiger partial charge in [-0.15, -0.1) is 0 Å². The topological polar surface area (TPSA) is 78.5 Å². The fourth-order valence-corrected chi connectivity index (χ4v) is 3.92. The van der Waals surface area contributed by atoms with Crippen LogP contribution in [0.15, 0.2) is 36.4 Å². The van der Waals surface area contributed by atoms with E-state index in [9.17, 15) is 9.59 Å². The third kappa shape index (κ3) is 4.25. The van der Waals surface area contributed by atoms with Crippen molar-refractivity contribution in [3.05, 3.63) is 53.3 Å². The summed E-state index contributed by atoms with van der Waals surface area (Å²) in [4.78, 5) is 29.0. The lowest BCUT2D eigenvalue weighted by Gasteiger charge is -2.32. The number of ether oxygens (including phenoxy) is 1. The van der Waals surface area contributed by atoms with Gasteiger partial charge in [-0.1, -0.05) is 30.3 Å². The molecule has 1 aromatic heterocycles. The second-order valence-corrected chi connectivity index (χ2v) is 7.45. The van der Waals surface area contributed by atoms with Gasteiger partial charge in [-0.2, -0.15) is 5.10 Å². The van der Waals surface area contributed by atoms with Gasteiger partial charge in [0.1, 0.15) is 5.69 Å². The molecule has 2 saturated heterocycles. The molecule has 0 spiro atoms. The molecule has 7 nitrogen and oxygen atoms in total. The van der Waals surface area contributed by atoms with Crippen LogP contribution in [0.25, 0.3) is 0 Å². The molecule has 0 saturated carbocycles. The highest BCUT2D eigenvalue weighted by Crippen LogP contribution is 2.26. The maximum Gasteiger partial charge on any atom is 0.274 e. The molecule has 1 aromatic carbocycles. The van der Waals surface area contributed by atoms with Crippen molar-refractivity contribution in [3.8, 4) is 0 Å². The number of carbonyl (C=O) groups is 2. The van der Waals surface area contributed by atoms with Gasteiger partial charge in [0.2, 0.25) is 5.91 Å². The third-order valence-electron chi connectivity index (χ3n) is 5.53. The number of carbonyl (C=O) groups excluding carboxylic acids is 2. The Morgan fingerprint density at radius 2 is 1.89 bits per heavy atom. The lowest BCUT2D eigenvalue weighted by molar-refractivity contribution is -0.131. The number of likely N-dealkylation sites (tertiary alicyclic amines) is 1. The van der Waals surface area contributed by atoms with Crippen molar-refractivity contribution < 1.29 is 14.3 Å². The number of piperidine rings is 1. The van der Waals surface area contributed by atoms with Gasteiger partial charge in [-0.3, -0.25) is 14.7 Å². The molecule has 2 fully saturated rings. The van der Waals surface area contributed by atoms with Crippen molar-refractivity contribution in [2.24, 2.45) is 0 Å². The summed E-state index contributed by atoms with van der Waals surface area (Å²) in [5, 5.41) is 7.28. The van der Waals surface area contributed by atoms with Crippen LogP contribution < -0.4 is 0 Å². The summed E-state index contributed by atoms with van der Waals surface area (Å²) in [7, 11) is 0. The smallest absolute Gasteiger partial charge is 0.274 e. The molecule has 2 aliphatic rings. The fourth-order valence-electron chi connectivity index (χ4n) is 3.92. The monoisotopic (exact) mass is 382 g/mol. The van der Waals surface area contributed by atoms with Crippen LogP contribution in [-0.4, -0.2) is 71.2 Å². The zero-order chi connectivity index (χ0) is 19.3. The fraction of sp³-hybridized carbons (Fsp3) is 0.476. The number of nitrogens with one attached hydrogen (secondary N) is 1. The molecule has 2 aromatic rings. The van der Waals surface area contributed by atoms with Crippen molar-refractivity contribution in [2.75, 3.05) is 39.4 Å². The minimum Gasteiger partial charge on any atom is -0.378 e. The highest BCUT2D eigenvalue weighted by Gasteiger charge is 2.28. The van der Waals surface area contributed by atoms with E-state index in [-0.39, 0.29) is 17.7 Å². The predicted molar refractivity (Wildman–Crippen MR) is 104 cm³/mol. The Morgan fingerprint density at radius 1 is 1.11 bits per heavy atom. The Balaban J connectivity index is 1.38. The first-order valence-corrected chi connectivity index (χ1v) is 9.95. The largest absolute Gasteiger partial charge is 0.378 e. The number of amides is 2. The number of nitrogens with zero attached hydrogens (tertiary/aromatic N) is 3. The van der Waals surface area contributed by atoms with Crippen molar-refractivity contribution in [2.45, 2.75) is 25.2 Å². The normalized spacial score (nSPS) is 20.2. The Labute approximate surface area is 164 Å². The number of aromatic amines is 1. The summed E-state index contributed by atoms with van der Waals surface area (Å²) in [5.74, 6) is 0.283. The molecule has 3 heterocycles. The van der Waals surface area contributed by atoms with Gasteiger partial charge >= 0.3 is 0 Å². The molecule has 28 heavy (non-hydrogen) atoms. The van der Waals surface area contributed by atoms with Crippen molar-refractivity contribution in [1.29, 1.82) is 0 Å². The average Bonchev–Trinajstić information content (AvgIpc) is 3.25. The summed E-state index contributed by atoms with van der Waals surface area (Å²) in [6.07, 6.45) is 2.37. The van der Waals surface area contributed by atoms with Crippen LogP contribution in [0.1, 0.15) is 40.5 Å². The van der Waals surface area contributed by atoms with E-state index in [1.54, 1.807) is 4.90 Å². The van der Waals surface area contributed by atoms with Crippen molar-refractivity contribution in [3.63, 3.8) is 0 Å². The summed E-state index contributed by atoms with van der Waals surface area (Å²) in [6, 6.07) is 11.7. The minimum absolute atomic E-state index is 0.0568. The number of H-pyrrole nitrogens is 1. The molecular formula is C21H26N4O3. The van der Waals surface area contributed by atoms with E-state index in [1.807, 2.05) is 41.3 Å². The third-order valence-corrected chi connectivity index (χ3v) is 5.53. The Hall–Kier alpha value is -2.67. The van der Waals surface area contributed by atoms with Gasteiger partial charge in [0.25, 0.3) is 5.91 Å². The van der Waals surface area contributed by atoms with E-state index >= 15 is 0 Å². The SMILES string of the molecule is O=C(Cc1ccccc1)N1CCC[C@H](c2cc(C(=O)N3CCOCC3)n[nH]2)C1. The zero-order valence-electron chi connectivity index (χ0n) is 16.0. The standard InChI is InChI=1S/C21H26N4O3/c26-20(13-16-5-2-1-3-6-16)25-8-4-7-17(15-25)18-14-19(23-22-18)21(27)24-9-11-28-12-10-24/h1-3,5-6,14,17H,4,7-13,15H2,(H,22,23)/t17-/m0/s1. The summed E-state index contributed by atoms with van der Waals surface area (Å²) in [6.45, 7) is 3.81. The van der Waals surface area contributed by atoms with E-state index in [2.05, 4.69) is 10.2 Å². The molecule has 148 valence electrons. The van der Waals surface area contributed by atoms with Gasteiger partial charge in [0.05, 0.1) is 19.6 Å². The van der Waals surface area contributed by atoms with E-state index in [0.717, 1.165) is 30.6 Å². The summed E-state index contributed by atoms with van der Waals surface area (Å²) in [5.41, 5.74) is 2.42. The second kappa shape index (κ2) is 8.56. The Bertz CT molecular complexity index is 814. The number of hydrogen-bond donors (Lipinski definition) is 1. The quantitative estimate of drug-likeness (QED) is 0.875. The number of benzene rings is 1. The molecule has 2 amide bonds. The van der Waals surface area contributed by atoms with Gasteiger partial charge in [0, 0.05) is 37.8 Å². The van der Waals surface area contributed by atoms with Gasteiger partial charge in [0.15, 0.2) is 0 Å². The van der Waals surface area contributed by atoms with E-state index < -0.39 is 0 Å². The first kappa shape index (κ1) is 18.7. The molecule has 0 radical (unpaired) electrons. The second-order valence-electron chi connectivity index (χ2n) is 7.45. The number of hydrogen-bond acceptors (Lipinski definition) is 4. The van der Waals surface area contributed by atoms with Crippen molar-refractivity contribution >= 4 is 11.8 Å². The molecule has 1 atom stereocenters. The van der Waals surface area contributed by atoms with Gasteiger partial charge < -0.3 is 14.5 Å². The molecule has 1 N–H and O–H groups in total. The highest BCUT2D eigenvalue weighted by atomic mass is 16.5. The van der Waals surface area contributed by atoms with E-state index in [4.69, 9.17) is 4.74 Å². The highest BCUT2D eigenvalue weighted by molar-refractivity contribution is 5.92. The average molecular weight is 382 g/mol. The van der Waals surface area contributed by atoms with Gasteiger partial charge in [-0.25, -0.2) is 0 Å². The van der Waals surface area contributed by atoms with Crippen LogP contribution in [0.5, 0.6) is 0 Å². The predicted octanol–water partition coefficient (Wildman–Crippen LogP) is 1.83. The first-order chi connectivity index (χ1) is 13.7. The minimum atomic E-state index is -0.0568. The lowest BCUT2D eigenvalue weighted by atomic mass is 9.94. The van der Waals surface area contributed by atoms with Crippen LogP contribution in [0.2, 0.25) is 0 Å². The molecule has 0 unspecified atom stereocenters. The molecule has 0 aliphatic carbocycles. The molecular weight excluding hydrogens is 356 g/mol. The Kier molecular flexibility index (Phi) is 5.71. The molecule has 4 rings (SSSR count). The van der Waals surface area contributed by atoms with E-state index in [0.29, 0.717) is 45.0 Å². The van der Waals surface area contributed by atoms with Gasteiger partial charge in [-0.05, 0) is 24.5 Å². The first-order valence-electron chi connectivity index (χ1n) is 9.95. The van der Waals surface area contributed by atoms with Crippen LogP contribution in [-0.2, 0) is 16.0 Å². The zero-order valence-corrected chi connectivity index (χ0v) is 16.0. The van der Waals surface area contributed by atoms with Crippen LogP contribution in [0, 0.1) is 0 Å². The maximum absolute atomic E-state index is 12.7. The molecule has 2 aliphatic heterocycles. The van der Waals surface area contributed by atoms with Crippen LogP contribution in [0.3, 0.4) is 0 Å². The van der Waals surface area contributed by atoms with Crippen molar-refractivity contribution in [1.82, 2.24) is 20.0 Å². The maximum atomic E-state index is 12.7. The molecule has 7 heteroatoms. The lowest BCUT2D eigenvalue weighted by Crippen LogP contribution is -2.40. The summed E-state index contributed by atoms with van der Waals surface area (Å²) >= 11 is 0. The van der Waals surface area contributed by atoms with Crippen LogP contribution >= 0.6 is 0 Å².